The number of pyridine rings is 1. The highest BCUT2D eigenvalue weighted by Gasteiger charge is 2.37. The minimum atomic E-state index is -0.147. The minimum Gasteiger partial charge on any atom is -0.377 e. The van der Waals surface area contributed by atoms with Crippen LogP contribution in [0.15, 0.2) is 40.0 Å². The molecule has 0 radical (unpaired) electrons. The van der Waals surface area contributed by atoms with E-state index in [1.54, 1.807) is 0 Å². The van der Waals surface area contributed by atoms with Crippen LogP contribution >= 0.6 is 11.8 Å². The minimum absolute atomic E-state index is 0.138. The number of rotatable bonds is 8. The van der Waals surface area contributed by atoms with E-state index in [1.807, 2.05) is 37.4 Å². The number of hydrogen-bond donors (Lipinski definition) is 3. The normalized spacial score (nSPS) is 21.7. The van der Waals surface area contributed by atoms with Gasteiger partial charge in [-0.25, -0.2) is 0 Å². The van der Waals surface area contributed by atoms with Crippen LogP contribution in [0.3, 0.4) is 0 Å². The van der Waals surface area contributed by atoms with E-state index in [-0.39, 0.29) is 29.6 Å². The third kappa shape index (κ3) is 5.18. The Balaban J connectivity index is 1.35. The molecule has 204 valence electrons. The van der Waals surface area contributed by atoms with E-state index in [2.05, 4.69) is 47.0 Å². The first-order chi connectivity index (χ1) is 18.2. The van der Waals surface area contributed by atoms with Gasteiger partial charge in [0, 0.05) is 51.4 Å². The van der Waals surface area contributed by atoms with E-state index >= 15 is 0 Å². The van der Waals surface area contributed by atoms with Crippen LogP contribution in [0.4, 0.5) is 0 Å². The summed E-state index contributed by atoms with van der Waals surface area (Å²) in [6.07, 6.45) is 6.61. The first-order valence-electron chi connectivity index (χ1n) is 13.7. The zero-order valence-corrected chi connectivity index (χ0v) is 24.0. The van der Waals surface area contributed by atoms with Gasteiger partial charge < -0.3 is 24.9 Å². The standard InChI is InChI=1S/C30H40N4O3S/c1-18-14-26(38-5)24(28(35)32-18)15-31-29(36)27-20(3)34(25-9-7-6-8-23(25)27)19(2)21-10-12-22(13-11-21)33-30(4)16-37-17-30/h6-9,14,19,21-22,33H,10-13,15-17H2,1-5H3,(H,31,36)(H,32,35). The smallest absolute Gasteiger partial charge is 0.254 e. The average molecular weight is 537 g/mol. The summed E-state index contributed by atoms with van der Waals surface area (Å²) in [4.78, 5) is 29.9. The zero-order chi connectivity index (χ0) is 27.0. The van der Waals surface area contributed by atoms with Crippen molar-refractivity contribution in [1.29, 1.82) is 0 Å². The van der Waals surface area contributed by atoms with Crippen molar-refractivity contribution in [3.8, 4) is 0 Å². The molecule has 5 rings (SSSR count). The molecule has 3 heterocycles. The Morgan fingerprint density at radius 2 is 1.92 bits per heavy atom. The number of thioether (sulfide) groups is 1. The topological polar surface area (TPSA) is 88.2 Å². The number of para-hydroxylation sites is 1. The third-order valence-electron chi connectivity index (χ3n) is 8.51. The van der Waals surface area contributed by atoms with Gasteiger partial charge in [0.25, 0.3) is 11.5 Å². The highest BCUT2D eigenvalue weighted by Crippen LogP contribution is 2.38. The summed E-state index contributed by atoms with van der Waals surface area (Å²) < 4.78 is 7.79. The molecule has 2 aromatic heterocycles. The molecule has 7 nitrogen and oxygen atoms in total. The number of hydrogen-bond acceptors (Lipinski definition) is 5. The van der Waals surface area contributed by atoms with Crippen LogP contribution < -0.4 is 16.2 Å². The first-order valence-corrected chi connectivity index (χ1v) is 14.9. The summed E-state index contributed by atoms with van der Waals surface area (Å²) in [5.74, 6) is 0.416. The van der Waals surface area contributed by atoms with Gasteiger partial charge in [0.1, 0.15) is 0 Å². The monoisotopic (exact) mass is 536 g/mol. The fraction of sp³-hybridized carbons (Fsp3) is 0.533. The van der Waals surface area contributed by atoms with Gasteiger partial charge in [0.2, 0.25) is 0 Å². The molecule has 3 N–H and O–H groups in total. The molecule has 1 unspecified atom stereocenters. The number of carbonyl (C=O) groups is 1. The summed E-state index contributed by atoms with van der Waals surface area (Å²) in [7, 11) is 0. The van der Waals surface area contributed by atoms with Crippen molar-refractivity contribution in [2.75, 3.05) is 19.5 Å². The van der Waals surface area contributed by atoms with Crippen LogP contribution in [-0.2, 0) is 11.3 Å². The Morgan fingerprint density at radius 3 is 2.58 bits per heavy atom. The zero-order valence-electron chi connectivity index (χ0n) is 23.1. The molecule has 1 aliphatic heterocycles. The highest BCUT2D eigenvalue weighted by atomic mass is 32.2. The number of H-pyrrole nitrogens is 1. The summed E-state index contributed by atoms with van der Waals surface area (Å²) in [6, 6.07) is 11.0. The Hall–Kier alpha value is -2.55. The van der Waals surface area contributed by atoms with E-state index in [1.165, 1.54) is 24.6 Å². The van der Waals surface area contributed by atoms with Crippen LogP contribution in [0.2, 0.25) is 0 Å². The van der Waals surface area contributed by atoms with Gasteiger partial charge in [-0.1, -0.05) is 18.2 Å². The quantitative estimate of drug-likeness (QED) is 0.349. The lowest BCUT2D eigenvalue weighted by Gasteiger charge is -2.44. The van der Waals surface area contributed by atoms with Crippen molar-refractivity contribution in [3.63, 3.8) is 0 Å². The van der Waals surface area contributed by atoms with Gasteiger partial charge in [0.15, 0.2) is 0 Å². The second kappa shape index (κ2) is 10.9. The molecule has 2 aliphatic rings. The Morgan fingerprint density at radius 1 is 1.21 bits per heavy atom. The molecular formula is C30H40N4O3S. The molecule has 1 atom stereocenters. The summed E-state index contributed by atoms with van der Waals surface area (Å²) in [6.45, 7) is 10.3. The number of amides is 1. The second-order valence-corrected chi connectivity index (χ2v) is 12.3. The van der Waals surface area contributed by atoms with Gasteiger partial charge in [-0.3, -0.25) is 9.59 Å². The van der Waals surface area contributed by atoms with E-state index in [0.29, 0.717) is 23.1 Å². The molecule has 1 aliphatic carbocycles. The van der Waals surface area contributed by atoms with Crippen LogP contribution in [0.5, 0.6) is 0 Å². The number of aromatic amines is 1. The molecule has 0 spiro atoms. The molecule has 0 bridgehead atoms. The molecule has 1 aromatic carbocycles. The Labute approximate surface area is 229 Å². The van der Waals surface area contributed by atoms with Crippen molar-refractivity contribution in [2.45, 2.75) is 82.4 Å². The van der Waals surface area contributed by atoms with Gasteiger partial charge >= 0.3 is 0 Å². The number of ether oxygens (including phenoxy) is 1. The third-order valence-corrected chi connectivity index (χ3v) is 9.32. The Kier molecular flexibility index (Phi) is 7.76. The molecule has 3 aromatic rings. The number of aromatic nitrogens is 2. The van der Waals surface area contributed by atoms with E-state index in [4.69, 9.17) is 4.74 Å². The molecule has 38 heavy (non-hydrogen) atoms. The predicted molar refractivity (Wildman–Crippen MR) is 154 cm³/mol. The van der Waals surface area contributed by atoms with Crippen LogP contribution in [0.25, 0.3) is 10.9 Å². The average Bonchev–Trinajstić information content (AvgIpc) is 3.18. The number of nitrogens with one attached hydrogen (secondary N) is 3. The maximum absolute atomic E-state index is 13.6. The van der Waals surface area contributed by atoms with Crippen LogP contribution in [-0.4, -0.2) is 46.5 Å². The second-order valence-electron chi connectivity index (χ2n) is 11.4. The summed E-state index contributed by atoms with van der Waals surface area (Å²) in [5.41, 5.74) is 4.19. The molecule has 1 amide bonds. The fourth-order valence-electron chi connectivity index (χ4n) is 6.44. The van der Waals surface area contributed by atoms with Crippen molar-refractivity contribution in [1.82, 2.24) is 20.2 Å². The number of benzene rings is 1. The van der Waals surface area contributed by atoms with Crippen LogP contribution in [0, 0.1) is 19.8 Å². The largest absolute Gasteiger partial charge is 0.377 e. The van der Waals surface area contributed by atoms with Gasteiger partial charge in [-0.05, 0) is 77.7 Å². The fourth-order valence-corrected chi connectivity index (χ4v) is 7.14. The van der Waals surface area contributed by atoms with E-state index in [9.17, 15) is 9.59 Å². The Bertz CT molecular complexity index is 1380. The van der Waals surface area contributed by atoms with Gasteiger partial charge in [-0.2, -0.15) is 0 Å². The molecule has 1 saturated carbocycles. The number of aryl methyl sites for hydroxylation is 1. The van der Waals surface area contributed by atoms with Crippen molar-refractivity contribution >= 4 is 28.6 Å². The number of nitrogens with zero attached hydrogens (tertiary/aromatic N) is 1. The lowest BCUT2D eigenvalue weighted by atomic mass is 9.81. The van der Waals surface area contributed by atoms with Crippen molar-refractivity contribution < 1.29 is 9.53 Å². The molecule has 1 saturated heterocycles. The summed E-state index contributed by atoms with van der Waals surface area (Å²) >= 11 is 1.52. The maximum atomic E-state index is 13.6. The SMILES string of the molecule is CSc1cc(C)[nH]c(=O)c1CNC(=O)c1c(C)n(C(C)C2CCC(NC3(C)COC3)CC2)c2ccccc12. The highest BCUT2D eigenvalue weighted by molar-refractivity contribution is 7.98. The van der Waals surface area contributed by atoms with Crippen molar-refractivity contribution in [2.24, 2.45) is 5.92 Å². The van der Waals surface area contributed by atoms with E-state index in [0.717, 1.165) is 53.2 Å². The maximum Gasteiger partial charge on any atom is 0.254 e. The number of carbonyl (C=O) groups excluding carboxylic acids is 1. The number of fused-ring (bicyclic) bond motifs is 1. The van der Waals surface area contributed by atoms with Gasteiger partial charge in [-0.15, -0.1) is 11.8 Å². The van der Waals surface area contributed by atoms with E-state index < -0.39 is 0 Å². The van der Waals surface area contributed by atoms with Crippen LogP contribution in [0.1, 0.15) is 72.9 Å². The lowest BCUT2D eigenvalue weighted by Crippen LogP contribution is -2.61. The molecule has 2 fully saturated rings. The molecular weight excluding hydrogens is 496 g/mol. The summed E-state index contributed by atoms with van der Waals surface area (Å²) in [5, 5.41) is 7.84. The lowest BCUT2D eigenvalue weighted by molar-refractivity contribution is -0.0719. The van der Waals surface area contributed by atoms with Gasteiger partial charge in [0.05, 0.1) is 24.3 Å². The first kappa shape index (κ1) is 27.0. The predicted octanol–water partition coefficient (Wildman–Crippen LogP) is 5.10. The molecule has 8 heteroatoms. The van der Waals surface area contributed by atoms with Crippen molar-refractivity contribution in [3.05, 3.63) is 63.2 Å².